The third-order valence-electron chi connectivity index (χ3n) is 2.58. The van der Waals surface area contributed by atoms with E-state index in [1.54, 1.807) is 6.20 Å². The van der Waals surface area contributed by atoms with Crippen molar-refractivity contribution in [3.8, 4) is 0 Å². The SMILES string of the molecule is CCc1nnsc1C(Cc1ccccn1)NN. The molecule has 90 valence electrons. The smallest absolute Gasteiger partial charge is 0.0801 e. The molecule has 6 heteroatoms. The van der Waals surface area contributed by atoms with Crippen molar-refractivity contribution in [3.05, 3.63) is 40.7 Å². The first-order chi connectivity index (χ1) is 8.35. The fourth-order valence-corrected chi connectivity index (χ4v) is 2.48. The predicted octanol–water partition coefficient (Wildman–Crippen LogP) is 1.24. The lowest BCUT2D eigenvalue weighted by Gasteiger charge is -2.14. The van der Waals surface area contributed by atoms with E-state index >= 15 is 0 Å². The van der Waals surface area contributed by atoms with Crippen molar-refractivity contribution in [2.45, 2.75) is 25.8 Å². The highest BCUT2D eigenvalue weighted by Crippen LogP contribution is 2.23. The molecule has 0 aliphatic carbocycles. The first kappa shape index (κ1) is 12.1. The average molecular weight is 249 g/mol. The Morgan fingerprint density at radius 1 is 1.47 bits per heavy atom. The van der Waals surface area contributed by atoms with Crippen LogP contribution in [0.2, 0.25) is 0 Å². The Bertz CT molecular complexity index is 456. The molecule has 17 heavy (non-hydrogen) atoms. The summed E-state index contributed by atoms with van der Waals surface area (Å²) in [5.74, 6) is 5.61. The van der Waals surface area contributed by atoms with Crippen molar-refractivity contribution < 1.29 is 0 Å². The Balaban J connectivity index is 2.17. The molecule has 0 bridgehead atoms. The number of nitrogens with two attached hydrogens (primary N) is 1. The number of rotatable bonds is 5. The van der Waals surface area contributed by atoms with Gasteiger partial charge in [0.1, 0.15) is 0 Å². The molecule has 2 rings (SSSR count). The maximum atomic E-state index is 5.61. The van der Waals surface area contributed by atoms with Gasteiger partial charge in [0.2, 0.25) is 0 Å². The largest absolute Gasteiger partial charge is 0.271 e. The molecule has 5 nitrogen and oxygen atoms in total. The number of nitrogens with one attached hydrogen (secondary N) is 1. The monoisotopic (exact) mass is 249 g/mol. The summed E-state index contributed by atoms with van der Waals surface area (Å²) in [6.45, 7) is 2.06. The molecule has 0 aliphatic rings. The Morgan fingerprint density at radius 2 is 2.35 bits per heavy atom. The lowest BCUT2D eigenvalue weighted by molar-refractivity contribution is 0.549. The minimum absolute atomic E-state index is 0.0276. The van der Waals surface area contributed by atoms with Crippen LogP contribution in [0.1, 0.15) is 29.2 Å². The fraction of sp³-hybridized carbons (Fsp3) is 0.364. The van der Waals surface area contributed by atoms with Gasteiger partial charge in [-0.25, -0.2) is 0 Å². The zero-order valence-electron chi connectivity index (χ0n) is 9.63. The molecule has 0 fully saturated rings. The minimum atomic E-state index is 0.0276. The molecule has 0 amide bonds. The van der Waals surface area contributed by atoms with Crippen LogP contribution in [-0.2, 0) is 12.8 Å². The van der Waals surface area contributed by atoms with Gasteiger partial charge in [-0.3, -0.25) is 16.3 Å². The van der Waals surface area contributed by atoms with E-state index < -0.39 is 0 Å². The van der Waals surface area contributed by atoms with Crippen LogP contribution < -0.4 is 11.3 Å². The average Bonchev–Trinajstić information content (AvgIpc) is 2.85. The van der Waals surface area contributed by atoms with Crippen molar-refractivity contribution in [3.63, 3.8) is 0 Å². The highest BCUT2D eigenvalue weighted by atomic mass is 32.1. The molecular formula is C11H15N5S. The summed E-state index contributed by atoms with van der Waals surface area (Å²) in [4.78, 5) is 5.40. The topological polar surface area (TPSA) is 76.7 Å². The van der Waals surface area contributed by atoms with Crippen LogP contribution in [0.25, 0.3) is 0 Å². The van der Waals surface area contributed by atoms with Crippen molar-refractivity contribution >= 4 is 11.5 Å². The normalized spacial score (nSPS) is 12.6. The van der Waals surface area contributed by atoms with Crippen molar-refractivity contribution in [1.82, 2.24) is 20.0 Å². The zero-order valence-corrected chi connectivity index (χ0v) is 10.4. The lowest BCUT2D eigenvalue weighted by atomic mass is 10.1. The number of pyridine rings is 1. The van der Waals surface area contributed by atoms with Crippen molar-refractivity contribution in [2.24, 2.45) is 5.84 Å². The van der Waals surface area contributed by atoms with Gasteiger partial charge in [-0.2, -0.15) is 0 Å². The molecule has 3 N–H and O–H groups in total. The summed E-state index contributed by atoms with van der Waals surface area (Å²) in [5, 5.41) is 4.10. The predicted molar refractivity (Wildman–Crippen MR) is 67.3 cm³/mol. The van der Waals surface area contributed by atoms with Crippen molar-refractivity contribution in [1.29, 1.82) is 0 Å². The summed E-state index contributed by atoms with van der Waals surface area (Å²) in [5.41, 5.74) is 4.83. The molecule has 0 radical (unpaired) electrons. The summed E-state index contributed by atoms with van der Waals surface area (Å²) >= 11 is 1.39. The number of hydrogen-bond donors (Lipinski definition) is 2. The maximum Gasteiger partial charge on any atom is 0.0801 e. The van der Waals surface area contributed by atoms with Gasteiger partial charge in [0.15, 0.2) is 0 Å². The standard InChI is InChI=1S/C11H15N5S/c1-2-9-11(17-16-15-9)10(14-12)7-8-5-3-4-6-13-8/h3-6,10,14H,2,7,12H2,1H3. The number of aryl methyl sites for hydroxylation is 1. The summed E-state index contributed by atoms with van der Waals surface area (Å²) < 4.78 is 3.98. The molecule has 1 atom stereocenters. The summed E-state index contributed by atoms with van der Waals surface area (Å²) in [6.07, 6.45) is 3.40. The molecule has 2 heterocycles. The third-order valence-corrected chi connectivity index (χ3v) is 3.46. The summed E-state index contributed by atoms with van der Waals surface area (Å²) in [6, 6.07) is 5.89. The number of nitrogens with zero attached hydrogens (tertiary/aromatic N) is 3. The fourth-order valence-electron chi connectivity index (χ4n) is 1.68. The molecule has 2 aromatic rings. The first-order valence-electron chi connectivity index (χ1n) is 5.52. The Morgan fingerprint density at radius 3 is 3.00 bits per heavy atom. The second-order valence-electron chi connectivity index (χ2n) is 3.68. The van der Waals surface area contributed by atoms with Gasteiger partial charge in [-0.15, -0.1) is 5.10 Å². The van der Waals surface area contributed by atoms with E-state index in [0.717, 1.165) is 29.1 Å². The van der Waals surface area contributed by atoms with Gasteiger partial charge < -0.3 is 0 Å². The van der Waals surface area contributed by atoms with Crippen LogP contribution in [0.4, 0.5) is 0 Å². The van der Waals surface area contributed by atoms with E-state index in [-0.39, 0.29) is 6.04 Å². The number of aromatic nitrogens is 3. The van der Waals surface area contributed by atoms with Gasteiger partial charge in [-0.05, 0) is 30.1 Å². The van der Waals surface area contributed by atoms with E-state index in [1.165, 1.54) is 11.5 Å². The molecular weight excluding hydrogens is 234 g/mol. The van der Waals surface area contributed by atoms with E-state index in [1.807, 2.05) is 18.2 Å². The van der Waals surface area contributed by atoms with Gasteiger partial charge in [-0.1, -0.05) is 17.5 Å². The molecule has 0 spiro atoms. The Hall–Kier alpha value is -1.37. The third kappa shape index (κ3) is 2.85. The number of hydrazine groups is 1. The molecule has 0 aliphatic heterocycles. The van der Waals surface area contributed by atoms with Crippen LogP contribution in [0, 0.1) is 0 Å². The zero-order chi connectivity index (χ0) is 12.1. The Kier molecular flexibility index (Phi) is 4.13. The van der Waals surface area contributed by atoms with Crippen LogP contribution in [0.3, 0.4) is 0 Å². The highest BCUT2D eigenvalue weighted by molar-refractivity contribution is 7.05. The van der Waals surface area contributed by atoms with Crippen LogP contribution >= 0.6 is 11.5 Å². The molecule has 0 aromatic carbocycles. The maximum absolute atomic E-state index is 5.61. The minimum Gasteiger partial charge on any atom is -0.271 e. The first-order valence-corrected chi connectivity index (χ1v) is 6.29. The van der Waals surface area contributed by atoms with Gasteiger partial charge in [0.25, 0.3) is 0 Å². The second-order valence-corrected chi connectivity index (χ2v) is 4.47. The van der Waals surface area contributed by atoms with Gasteiger partial charge in [0, 0.05) is 18.3 Å². The summed E-state index contributed by atoms with van der Waals surface area (Å²) in [7, 11) is 0. The van der Waals surface area contributed by atoms with E-state index in [4.69, 9.17) is 5.84 Å². The second kappa shape index (κ2) is 5.81. The molecule has 1 unspecified atom stereocenters. The molecule has 2 aromatic heterocycles. The quantitative estimate of drug-likeness (QED) is 0.616. The van der Waals surface area contributed by atoms with Crippen LogP contribution in [0.15, 0.2) is 24.4 Å². The van der Waals surface area contributed by atoms with Crippen molar-refractivity contribution in [2.75, 3.05) is 0 Å². The number of hydrogen-bond acceptors (Lipinski definition) is 6. The van der Waals surface area contributed by atoms with E-state index in [9.17, 15) is 0 Å². The highest BCUT2D eigenvalue weighted by Gasteiger charge is 2.18. The van der Waals surface area contributed by atoms with E-state index in [0.29, 0.717) is 0 Å². The van der Waals surface area contributed by atoms with Crippen LogP contribution in [0.5, 0.6) is 0 Å². The van der Waals surface area contributed by atoms with Gasteiger partial charge >= 0.3 is 0 Å². The molecule has 0 saturated carbocycles. The van der Waals surface area contributed by atoms with Gasteiger partial charge in [0.05, 0.1) is 16.6 Å². The molecule has 0 saturated heterocycles. The van der Waals surface area contributed by atoms with E-state index in [2.05, 4.69) is 26.9 Å². The Labute approximate surface area is 104 Å². The van der Waals surface area contributed by atoms with Crippen LogP contribution in [-0.4, -0.2) is 14.6 Å². The lowest BCUT2D eigenvalue weighted by Crippen LogP contribution is -2.29.